The number of esters is 1. The molecule has 0 aliphatic rings. The number of nitrogens with one attached hydrogen (secondary N) is 2. The Morgan fingerprint density at radius 1 is 1.23 bits per heavy atom. The van der Waals surface area contributed by atoms with E-state index in [9.17, 15) is 14.4 Å². The molecular weight excluding hydrogens is 440 g/mol. The van der Waals surface area contributed by atoms with Crippen molar-refractivity contribution in [3.8, 4) is 11.6 Å². The first kappa shape index (κ1) is 22.5. The SMILES string of the molecule is CSc1nc(-c2ccco2)nc(C)c1C(=O)OCC(=O)NC(=O)NCCc1cccs1. The monoisotopic (exact) mass is 460 g/mol. The lowest BCUT2D eigenvalue weighted by Crippen LogP contribution is -2.42. The molecule has 0 aliphatic carbocycles. The molecule has 11 heteroatoms. The van der Waals surface area contributed by atoms with Crippen molar-refractivity contribution in [2.75, 3.05) is 19.4 Å². The molecule has 3 amide bonds. The molecule has 3 aromatic rings. The van der Waals surface area contributed by atoms with Crippen LogP contribution >= 0.6 is 23.1 Å². The van der Waals surface area contributed by atoms with Crippen LogP contribution in [0.25, 0.3) is 11.6 Å². The van der Waals surface area contributed by atoms with Gasteiger partial charge in [0.05, 0.1) is 12.0 Å². The third kappa shape index (κ3) is 6.15. The van der Waals surface area contributed by atoms with E-state index in [1.807, 2.05) is 17.5 Å². The number of ether oxygens (including phenoxy) is 1. The van der Waals surface area contributed by atoms with E-state index in [1.54, 1.807) is 36.6 Å². The predicted molar refractivity (Wildman–Crippen MR) is 116 cm³/mol. The highest BCUT2D eigenvalue weighted by Gasteiger charge is 2.22. The van der Waals surface area contributed by atoms with Crippen molar-refractivity contribution in [2.45, 2.75) is 18.4 Å². The van der Waals surface area contributed by atoms with Gasteiger partial charge in [0, 0.05) is 11.4 Å². The maximum Gasteiger partial charge on any atom is 0.343 e. The maximum atomic E-state index is 12.5. The summed E-state index contributed by atoms with van der Waals surface area (Å²) < 4.78 is 10.4. The van der Waals surface area contributed by atoms with E-state index in [-0.39, 0.29) is 5.56 Å². The van der Waals surface area contributed by atoms with Gasteiger partial charge in [0.2, 0.25) is 0 Å². The first-order valence-corrected chi connectivity index (χ1v) is 11.3. The van der Waals surface area contributed by atoms with Gasteiger partial charge in [0.15, 0.2) is 18.2 Å². The van der Waals surface area contributed by atoms with Crippen LogP contribution in [-0.2, 0) is 16.0 Å². The van der Waals surface area contributed by atoms with Gasteiger partial charge in [0.1, 0.15) is 10.6 Å². The van der Waals surface area contributed by atoms with Crippen molar-refractivity contribution >= 4 is 41.0 Å². The summed E-state index contributed by atoms with van der Waals surface area (Å²) in [4.78, 5) is 46.0. The average Bonchev–Trinajstić information content (AvgIpc) is 3.45. The number of nitrogens with zero attached hydrogens (tertiary/aromatic N) is 2. The quantitative estimate of drug-likeness (QED) is 0.299. The van der Waals surface area contributed by atoms with E-state index in [0.717, 1.165) is 4.88 Å². The number of furan rings is 1. The second-order valence-electron chi connectivity index (χ2n) is 6.20. The highest BCUT2D eigenvalue weighted by molar-refractivity contribution is 7.98. The summed E-state index contributed by atoms with van der Waals surface area (Å²) in [6.07, 6.45) is 3.93. The number of urea groups is 1. The van der Waals surface area contributed by atoms with Crippen LogP contribution < -0.4 is 10.6 Å². The second-order valence-corrected chi connectivity index (χ2v) is 8.03. The number of carbonyl (C=O) groups excluding carboxylic acids is 3. The van der Waals surface area contributed by atoms with Gasteiger partial charge in [-0.25, -0.2) is 19.6 Å². The van der Waals surface area contributed by atoms with E-state index < -0.39 is 24.5 Å². The molecule has 2 N–H and O–H groups in total. The number of rotatable bonds is 8. The molecule has 0 atom stereocenters. The molecule has 0 spiro atoms. The topological polar surface area (TPSA) is 123 Å². The molecule has 0 fully saturated rings. The van der Waals surface area contributed by atoms with E-state index >= 15 is 0 Å². The number of thioether (sulfide) groups is 1. The van der Waals surface area contributed by atoms with Gasteiger partial charge in [-0.15, -0.1) is 23.1 Å². The van der Waals surface area contributed by atoms with Crippen LogP contribution in [0, 0.1) is 6.92 Å². The molecule has 0 saturated heterocycles. The number of imide groups is 1. The maximum absolute atomic E-state index is 12.5. The van der Waals surface area contributed by atoms with Crippen molar-refractivity contribution in [1.29, 1.82) is 0 Å². The van der Waals surface area contributed by atoms with E-state index in [1.165, 1.54) is 18.0 Å². The van der Waals surface area contributed by atoms with Gasteiger partial charge in [-0.05, 0) is 43.2 Å². The molecule has 3 aromatic heterocycles. The number of amides is 3. The Labute approximate surface area is 186 Å². The lowest BCUT2D eigenvalue weighted by molar-refractivity contribution is -0.123. The van der Waals surface area contributed by atoms with Gasteiger partial charge in [-0.3, -0.25) is 10.1 Å². The zero-order valence-electron chi connectivity index (χ0n) is 16.8. The van der Waals surface area contributed by atoms with Crippen LogP contribution in [0.2, 0.25) is 0 Å². The van der Waals surface area contributed by atoms with Gasteiger partial charge >= 0.3 is 12.0 Å². The average molecular weight is 461 g/mol. The van der Waals surface area contributed by atoms with Crippen molar-refractivity contribution in [3.05, 3.63) is 52.0 Å². The Hall–Kier alpha value is -3.18. The summed E-state index contributed by atoms with van der Waals surface area (Å²) in [5.41, 5.74) is 0.554. The number of aromatic nitrogens is 2. The fourth-order valence-corrected chi connectivity index (χ4v) is 3.93. The van der Waals surface area contributed by atoms with Crippen molar-refractivity contribution in [1.82, 2.24) is 20.6 Å². The summed E-state index contributed by atoms with van der Waals surface area (Å²) in [5.74, 6) is -0.664. The highest BCUT2D eigenvalue weighted by Crippen LogP contribution is 2.25. The Kier molecular flexibility index (Phi) is 7.79. The zero-order chi connectivity index (χ0) is 22.2. The number of hydrogen-bond acceptors (Lipinski definition) is 9. The molecule has 0 radical (unpaired) electrons. The Morgan fingerprint density at radius 3 is 2.74 bits per heavy atom. The van der Waals surface area contributed by atoms with Crippen LogP contribution in [0.5, 0.6) is 0 Å². The normalized spacial score (nSPS) is 10.5. The first-order chi connectivity index (χ1) is 15.0. The molecule has 3 heterocycles. The fraction of sp³-hybridized carbons (Fsp3) is 0.250. The molecule has 0 unspecified atom stereocenters. The molecular formula is C20H20N4O5S2. The summed E-state index contributed by atoms with van der Waals surface area (Å²) in [5, 5.41) is 7.06. The molecule has 162 valence electrons. The van der Waals surface area contributed by atoms with Crippen molar-refractivity contribution < 1.29 is 23.5 Å². The number of carbonyl (C=O) groups is 3. The van der Waals surface area contributed by atoms with Crippen LogP contribution in [0.4, 0.5) is 4.79 Å². The minimum absolute atomic E-state index is 0.163. The molecule has 0 aliphatic heterocycles. The summed E-state index contributed by atoms with van der Waals surface area (Å²) in [6, 6.07) is 6.67. The first-order valence-electron chi connectivity index (χ1n) is 9.21. The molecule has 31 heavy (non-hydrogen) atoms. The minimum Gasteiger partial charge on any atom is -0.461 e. The Bertz CT molecular complexity index is 1050. The van der Waals surface area contributed by atoms with Crippen LogP contribution in [0.15, 0.2) is 45.4 Å². The van der Waals surface area contributed by atoms with E-state index in [2.05, 4.69) is 20.6 Å². The highest BCUT2D eigenvalue weighted by atomic mass is 32.2. The minimum atomic E-state index is -0.749. The molecule has 0 aromatic carbocycles. The van der Waals surface area contributed by atoms with E-state index in [0.29, 0.717) is 35.3 Å². The second kappa shape index (κ2) is 10.7. The van der Waals surface area contributed by atoms with E-state index in [4.69, 9.17) is 9.15 Å². The zero-order valence-corrected chi connectivity index (χ0v) is 18.5. The smallest absolute Gasteiger partial charge is 0.343 e. The Morgan fingerprint density at radius 2 is 2.06 bits per heavy atom. The molecule has 0 bridgehead atoms. The molecule has 0 saturated carbocycles. The summed E-state index contributed by atoms with van der Waals surface area (Å²) in [7, 11) is 0. The van der Waals surface area contributed by atoms with Crippen molar-refractivity contribution in [2.24, 2.45) is 0 Å². The van der Waals surface area contributed by atoms with Crippen LogP contribution in [0.1, 0.15) is 20.9 Å². The largest absolute Gasteiger partial charge is 0.461 e. The summed E-state index contributed by atoms with van der Waals surface area (Å²) >= 11 is 2.83. The Balaban J connectivity index is 1.52. The van der Waals surface area contributed by atoms with Gasteiger partial charge in [0.25, 0.3) is 5.91 Å². The lowest BCUT2D eigenvalue weighted by Gasteiger charge is -2.11. The number of hydrogen-bond donors (Lipinski definition) is 2. The lowest BCUT2D eigenvalue weighted by atomic mass is 10.2. The van der Waals surface area contributed by atoms with Gasteiger partial charge in [-0.2, -0.15) is 0 Å². The third-order valence-corrected chi connectivity index (χ3v) is 5.64. The van der Waals surface area contributed by atoms with Crippen LogP contribution in [-0.4, -0.2) is 47.3 Å². The molecule has 9 nitrogen and oxygen atoms in total. The summed E-state index contributed by atoms with van der Waals surface area (Å²) in [6.45, 7) is 1.42. The van der Waals surface area contributed by atoms with Crippen LogP contribution in [0.3, 0.4) is 0 Å². The number of thiophene rings is 1. The van der Waals surface area contributed by atoms with Gasteiger partial charge in [-0.1, -0.05) is 6.07 Å². The molecule has 3 rings (SSSR count). The van der Waals surface area contributed by atoms with Gasteiger partial charge < -0.3 is 14.5 Å². The number of aryl methyl sites for hydroxylation is 1. The third-order valence-electron chi connectivity index (χ3n) is 4.02. The predicted octanol–water partition coefficient (Wildman–Crippen LogP) is 3.05. The van der Waals surface area contributed by atoms with Crippen molar-refractivity contribution in [3.63, 3.8) is 0 Å². The fourth-order valence-electron chi connectivity index (χ4n) is 2.61. The standard InChI is InChI=1S/C20H20N4O5S2/c1-12-16(18(30-2)24-17(22-12)14-6-3-9-28-14)19(26)29-11-15(25)23-20(27)21-8-7-13-5-4-10-31-13/h3-6,9-10H,7-8,11H2,1-2H3,(H2,21,23,25,27).